The van der Waals surface area contributed by atoms with E-state index in [1.54, 1.807) is 0 Å². The van der Waals surface area contributed by atoms with Crippen molar-refractivity contribution in [3.8, 4) is 0 Å². The summed E-state index contributed by atoms with van der Waals surface area (Å²) in [5.41, 5.74) is 0. The maximum absolute atomic E-state index is 11.2. The summed E-state index contributed by atoms with van der Waals surface area (Å²) in [6, 6.07) is 0. The highest BCUT2D eigenvalue weighted by atomic mass is 32.2. The molecule has 1 N–H and O–H groups in total. The van der Waals surface area contributed by atoms with Gasteiger partial charge in [-0.15, -0.1) is 0 Å². The zero-order valence-corrected chi connectivity index (χ0v) is 8.43. The molecule has 13 heavy (non-hydrogen) atoms. The summed E-state index contributed by atoms with van der Waals surface area (Å²) in [6.07, 6.45) is 2.85. The number of hydrogen-bond acceptors (Lipinski definition) is 3. The van der Waals surface area contributed by atoms with Gasteiger partial charge < -0.3 is 0 Å². The third-order valence-electron chi connectivity index (χ3n) is 2.80. The van der Waals surface area contributed by atoms with Gasteiger partial charge in [0.1, 0.15) is 0 Å². The molecule has 0 aromatic heterocycles. The molecule has 1 fully saturated rings. The standard InChI is InChI=1S/C8H14O4S/c1-7(9)8(13(10,11)12)5-3-2-4-6-8/h2-6H2,1H3,(H,10,11,12). The summed E-state index contributed by atoms with van der Waals surface area (Å²) in [5.74, 6) is -0.435. The Morgan fingerprint density at radius 3 is 1.92 bits per heavy atom. The van der Waals surface area contributed by atoms with Gasteiger partial charge in [-0.1, -0.05) is 19.3 Å². The number of carbonyl (C=O) groups excluding carboxylic acids is 1. The molecule has 0 heterocycles. The summed E-state index contributed by atoms with van der Waals surface area (Å²) in [7, 11) is -4.24. The molecule has 0 aromatic carbocycles. The molecule has 5 heteroatoms. The molecule has 0 spiro atoms. The fourth-order valence-electron chi connectivity index (χ4n) is 1.91. The lowest BCUT2D eigenvalue weighted by atomic mass is 9.86. The van der Waals surface area contributed by atoms with Crippen LogP contribution >= 0.6 is 0 Å². The van der Waals surface area contributed by atoms with Gasteiger partial charge in [0.15, 0.2) is 10.5 Å². The number of Topliss-reactive ketones (excluding diaryl/α,β-unsaturated/α-hetero) is 1. The van der Waals surface area contributed by atoms with E-state index in [1.807, 2.05) is 0 Å². The fourth-order valence-corrected chi connectivity index (χ4v) is 3.08. The Balaban J connectivity index is 3.07. The molecule has 0 radical (unpaired) electrons. The minimum absolute atomic E-state index is 0.265. The number of hydrogen-bond donors (Lipinski definition) is 1. The molecule has 0 unspecified atom stereocenters. The van der Waals surface area contributed by atoms with Gasteiger partial charge in [0, 0.05) is 0 Å². The van der Waals surface area contributed by atoms with Crippen molar-refractivity contribution in [2.75, 3.05) is 0 Å². The van der Waals surface area contributed by atoms with E-state index in [-0.39, 0.29) is 12.8 Å². The average molecular weight is 206 g/mol. The van der Waals surface area contributed by atoms with E-state index in [2.05, 4.69) is 0 Å². The van der Waals surface area contributed by atoms with E-state index in [0.29, 0.717) is 12.8 Å². The zero-order chi connectivity index (χ0) is 10.1. The first-order valence-electron chi connectivity index (χ1n) is 4.38. The molecular formula is C8H14O4S. The van der Waals surface area contributed by atoms with Gasteiger partial charge in [0.2, 0.25) is 0 Å². The maximum atomic E-state index is 11.2. The molecule has 1 aliphatic carbocycles. The molecule has 0 atom stereocenters. The molecule has 0 aliphatic heterocycles. The summed E-state index contributed by atoms with van der Waals surface area (Å²) in [5, 5.41) is 0. The van der Waals surface area contributed by atoms with E-state index >= 15 is 0 Å². The Bertz CT molecular complexity index is 298. The Hall–Kier alpha value is -0.420. The maximum Gasteiger partial charge on any atom is 0.277 e. The Kier molecular flexibility index (Phi) is 2.77. The molecule has 0 amide bonds. The monoisotopic (exact) mass is 206 g/mol. The number of ketones is 1. The fraction of sp³-hybridized carbons (Fsp3) is 0.875. The lowest BCUT2D eigenvalue weighted by Gasteiger charge is -2.31. The van der Waals surface area contributed by atoms with E-state index in [0.717, 1.165) is 6.42 Å². The number of carbonyl (C=O) groups is 1. The van der Waals surface area contributed by atoms with Crippen LogP contribution in [0.25, 0.3) is 0 Å². The highest BCUT2D eigenvalue weighted by Gasteiger charge is 2.47. The van der Waals surface area contributed by atoms with Crippen molar-refractivity contribution >= 4 is 15.9 Å². The topological polar surface area (TPSA) is 71.4 Å². The van der Waals surface area contributed by atoms with Gasteiger partial charge in [-0.05, 0) is 19.8 Å². The van der Waals surface area contributed by atoms with E-state index in [1.165, 1.54) is 6.92 Å². The van der Waals surface area contributed by atoms with Crippen LogP contribution in [-0.2, 0) is 14.9 Å². The first kappa shape index (κ1) is 10.7. The minimum Gasteiger partial charge on any atom is -0.298 e. The third-order valence-corrected chi connectivity index (χ3v) is 4.48. The van der Waals surface area contributed by atoms with Crippen molar-refractivity contribution in [1.82, 2.24) is 0 Å². The van der Waals surface area contributed by atoms with Gasteiger partial charge in [0.25, 0.3) is 10.1 Å². The molecule has 0 saturated heterocycles. The zero-order valence-electron chi connectivity index (χ0n) is 7.62. The van der Waals surface area contributed by atoms with Crippen LogP contribution in [0.5, 0.6) is 0 Å². The highest BCUT2D eigenvalue weighted by molar-refractivity contribution is 7.88. The molecule has 1 aliphatic rings. The Labute approximate surface area is 78.1 Å². The lowest BCUT2D eigenvalue weighted by molar-refractivity contribution is -0.120. The molecule has 76 valence electrons. The average Bonchev–Trinajstić information content (AvgIpc) is 2.03. The predicted molar refractivity (Wildman–Crippen MR) is 48.0 cm³/mol. The van der Waals surface area contributed by atoms with Crippen LogP contribution in [0.4, 0.5) is 0 Å². The summed E-state index contributed by atoms with van der Waals surface area (Å²) in [4.78, 5) is 11.2. The second-order valence-electron chi connectivity index (χ2n) is 3.59. The second kappa shape index (κ2) is 3.38. The first-order chi connectivity index (χ1) is 5.90. The van der Waals surface area contributed by atoms with E-state index in [9.17, 15) is 13.2 Å². The number of rotatable bonds is 2. The predicted octanol–water partition coefficient (Wildman–Crippen LogP) is 1.17. The Morgan fingerprint density at radius 2 is 1.69 bits per heavy atom. The van der Waals surface area contributed by atoms with Crippen LogP contribution in [0.3, 0.4) is 0 Å². The summed E-state index contributed by atoms with van der Waals surface area (Å²) in [6.45, 7) is 1.24. The molecule has 4 nitrogen and oxygen atoms in total. The van der Waals surface area contributed by atoms with Crippen molar-refractivity contribution in [3.63, 3.8) is 0 Å². The molecule has 1 rings (SSSR count). The van der Waals surface area contributed by atoms with Crippen LogP contribution < -0.4 is 0 Å². The van der Waals surface area contributed by atoms with Crippen molar-refractivity contribution in [2.24, 2.45) is 0 Å². The summed E-state index contributed by atoms with van der Waals surface area (Å²) < 4.78 is 29.7. The van der Waals surface area contributed by atoms with Gasteiger partial charge in [0.05, 0.1) is 0 Å². The quantitative estimate of drug-likeness (QED) is 0.688. The SMILES string of the molecule is CC(=O)C1(S(=O)(=O)O)CCCCC1. The van der Waals surface area contributed by atoms with Gasteiger partial charge >= 0.3 is 0 Å². The van der Waals surface area contributed by atoms with Gasteiger partial charge in [-0.3, -0.25) is 9.35 Å². The molecule has 0 bridgehead atoms. The van der Waals surface area contributed by atoms with Crippen molar-refractivity contribution in [1.29, 1.82) is 0 Å². The van der Waals surface area contributed by atoms with Crippen LogP contribution in [-0.4, -0.2) is 23.5 Å². The largest absolute Gasteiger partial charge is 0.298 e. The van der Waals surface area contributed by atoms with Crippen molar-refractivity contribution in [2.45, 2.75) is 43.8 Å². The van der Waals surface area contributed by atoms with Crippen molar-refractivity contribution < 1.29 is 17.8 Å². The van der Waals surface area contributed by atoms with Crippen LogP contribution in [0.1, 0.15) is 39.0 Å². The second-order valence-corrected chi connectivity index (χ2v) is 5.32. The van der Waals surface area contributed by atoms with Crippen LogP contribution in [0, 0.1) is 0 Å². The summed E-state index contributed by atoms with van der Waals surface area (Å²) >= 11 is 0. The Morgan fingerprint density at radius 1 is 1.23 bits per heavy atom. The normalized spacial score (nSPS) is 22.6. The van der Waals surface area contributed by atoms with Gasteiger partial charge in [-0.2, -0.15) is 8.42 Å². The van der Waals surface area contributed by atoms with Crippen LogP contribution in [0.15, 0.2) is 0 Å². The van der Waals surface area contributed by atoms with Crippen molar-refractivity contribution in [3.05, 3.63) is 0 Å². The van der Waals surface area contributed by atoms with E-state index in [4.69, 9.17) is 4.55 Å². The highest BCUT2D eigenvalue weighted by Crippen LogP contribution is 2.35. The molecule has 1 saturated carbocycles. The third kappa shape index (κ3) is 1.76. The minimum atomic E-state index is -4.24. The lowest BCUT2D eigenvalue weighted by Crippen LogP contribution is -2.46. The van der Waals surface area contributed by atoms with Gasteiger partial charge in [-0.25, -0.2) is 0 Å². The van der Waals surface area contributed by atoms with E-state index < -0.39 is 20.6 Å². The smallest absolute Gasteiger partial charge is 0.277 e. The molecule has 0 aromatic rings. The van der Waals surface area contributed by atoms with Crippen LogP contribution in [0.2, 0.25) is 0 Å². The first-order valence-corrected chi connectivity index (χ1v) is 5.82. The molecular weight excluding hydrogens is 192 g/mol.